The first-order chi connectivity index (χ1) is 6.74. The van der Waals surface area contributed by atoms with Crippen LogP contribution in [-0.4, -0.2) is 13.6 Å². The molecule has 3 heteroatoms. The summed E-state index contributed by atoms with van der Waals surface area (Å²) >= 11 is 0. The molecule has 1 aromatic carbocycles. The standard InChI is InChI=1S/C11H15N3/c1-14(9-3-2-8-12)11-6-4-10(13)5-7-11/h4-7H,2-3,9,13H2,1H3. The summed E-state index contributed by atoms with van der Waals surface area (Å²) < 4.78 is 0. The average molecular weight is 189 g/mol. The summed E-state index contributed by atoms with van der Waals surface area (Å²) in [6.07, 6.45) is 1.51. The first-order valence-corrected chi connectivity index (χ1v) is 4.67. The Morgan fingerprint density at radius 1 is 1.36 bits per heavy atom. The van der Waals surface area contributed by atoms with Crippen molar-refractivity contribution in [3.05, 3.63) is 24.3 Å². The third kappa shape index (κ3) is 2.98. The van der Waals surface area contributed by atoms with Gasteiger partial charge in [0.15, 0.2) is 0 Å². The van der Waals surface area contributed by atoms with Crippen LogP contribution in [0.3, 0.4) is 0 Å². The molecule has 0 spiro atoms. The van der Waals surface area contributed by atoms with Crippen molar-refractivity contribution in [3.63, 3.8) is 0 Å². The quantitative estimate of drug-likeness (QED) is 0.582. The number of nitrogens with zero attached hydrogens (tertiary/aromatic N) is 2. The van der Waals surface area contributed by atoms with Crippen molar-refractivity contribution in [1.29, 1.82) is 5.26 Å². The largest absolute Gasteiger partial charge is 0.399 e. The highest BCUT2D eigenvalue weighted by Gasteiger charge is 1.99. The second-order valence-electron chi connectivity index (χ2n) is 3.27. The molecule has 74 valence electrons. The molecule has 0 bridgehead atoms. The molecule has 2 N–H and O–H groups in total. The maximum Gasteiger partial charge on any atom is 0.0622 e. The summed E-state index contributed by atoms with van der Waals surface area (Å²) in [5.74, 6) is 0. The van der Waals surface area contributed by atoms with Crippen LogP contribution in [-0.2, 0) is 0 Å². The highest BCUT2D eigenvalue weighted by molar-refractivity contribution is 5.52. The highest BCUT2D eigenvalue weighted by atomic mass is 15.1. The Labute approximate surface area is 84.7 Å². The lowest BCUT2D eigenvalue weighted by Gasteiger charge is -2.18. The van der Waals surface area contributed by atoms with Gasteiger partial charge in [-0.1, -0.05) is 0 Å². The molecule has 0 aliphatic heterocycles. The summed E-state index contributed by atoms with van der Waals surface area (Å²) in [7, 11) is 2.02. The lowest BCUT2D eigenvalue weighted by atomic mass is 10.2. The molecule has 14 heavy (non-hydrogen) atoms. The fourth-order valence-corrected chi connectivity index (χ4v) is 1.25. The minimum atomic E-state index is 0.610. The number of rotatable bonds is 4. The molecule has 1 rings (SSSR count). The van der Waals surface area contributed by atoms with E-state index < -0.39 is 0 Å². The summed E-state index contributed by atoms with van der Waals surface area (Å²) in [5, 5.41) is 8.40. The van der Waals surface area contributed by atoms with Crippen LogP contribution in [0.1, 0.15) is 12.8 Å². The average Bonchev–Trinajstić information content (AvgIpc) is 2.19. The van der Waals surface area contributed by atoms with Crippen LogP contribution >= 0.6 is 0 Å². The molecule has 0 saturated carbocycles. The van der Waals surface area contributed by atoms with Gasteiger partial charge >= 0.3 is 0 Å². The van der Waals surface area contributed by atoms with Crippen LogP contribution in [0.2, 0.25) is 0 Å². The summed E-state index contributed by atoms with van der Waals surface area (Å²) in [6.45, 7) is 0.900. The summed E-state index contributed by atoms with van der Waals surface area (Å²) in [5.41, 5.74) is 7.50. The predicted molar refractivity (Wildman–Crippen MR) is 59.0 cm³/mol. The summed E-state index contributed by atoms with van der Waals surface area (Å²) in [6, 6.07) is 9.88. The number of hydrogen-bond donors (Lipinski definition) is 1. The Balaban J connectivity index is 2.48. The number of nitriles is 1. The first-order valence-electron chi connectivity index (χ1n) is 4.67. The zero-order valence-electron chi connectivity index (χ0n) is 8.40. The Hall–Kier alpha value is -1.69. The molecule has 0 heterocycles. The van der Waals surface area contributed by atoms with Gasteiger partial charge in [-0.15, -0.1) is 0 Å². The lowest BCUT2D eigenvalue weighted by molar-refractivity contribution is 0.807. The molecular formula is C11H15N3. The lowest BCUT2D eigenvalue weighted by Crippen LogP contribution is -2.18. The van der Waals surface area contributed by atoms with E-state index >= 15 is 0 Å². The predicted octanol–water partition coefficient (Wildman–Crippen LogP) is 2.01. The van der Waals surface area contributed by atoms with E-state index in [2.05, 4.69) is 11.0 Å². The van der Waals surface area contributed by atoms with E-state index in [0.29, 0.717) is 6.42 Å². The van der Waals surface area contributed by atoms with E-state index in [0.717, 1.165) is 24.3 Å². The van der Waals surface area contributed by atoms with Crippen molar-refractivity contribution >= 4 is 11.4 Å². The molecule has 0 aliphatic rings. The Morgan fingerprint density at radius 2 is 2.00 bits per heavy atom. The third-order valence-corrected chi connectivity index (χ3v) is 2.12. The first kappa shape index (κ1) is 10.4. The van der Waals surface area contributed by atoms with Gasteiger partial charge in [0.05, 0.1) is 6.07 Å². The maximum atomic E-state index is 8.40. The molecule has 0 aliphatic carbocycles. The number of anilines is 2. The minimum Gasteiger partial charge on any atom is -0.399 e. The van der Waals surface area contributed by atoms with Gasteiger partial charge in [0, 0.05) is 31.4 Å². The normalized spacial score (nSPS) is 9.43. The van der Waals surface area contributed by atoms with Crippen molar-refractivity contribution in [3.8, 4) is 6.07 Å². The number of hydrogen-bond acceptors (Lipinski definition) is 3. The van der Waals surface area contributed by atoms with E-state index in [9.17, 15) is 0 Å². The van der Waals surface area contributed by atoms with Crippen molar-refractivity contribution in [2.45, 2.75) is 12.8 Å². The molecule has 1 aromatic rings. The molecular weight excluding hydrogens is 174 g/mol. The van der Waals surface area contributed by atoms with Crippen molar-refractivity contribution in [2.24, 2.45) is 0 Å². The van der Waals surface area contributed by atoms with Crippen LogP contribution in [0.25, 0.3) is 0 Å². The van der Waals surface area contributed by atoms with E-state index in [1.54, 1.807) is 0 Å². The number of benzene rings is 1. The zero-order chi connectivity index (χ0) is 10.4. The van der Waals surface area contributed by atoms with Gasteiger partial charge in [0.1, 0.15) is 0 Å². The van der Waals surface area contributed by atoms with Crippen LogP contribution in [0.5, 0.6) is 0 Å². The zero-order valence-corrected chi connectivity index (χ0v) is 8.40. The monoisotopic (exact) mass is 189 g/mol. The van der Waals surface area contributed by atoms with Crippen molar-refractivity contribution in [1.82, 2.24) is 0 Å². The third-order valence-electron chi connectivity index (χ3n) is 2.12. The van der Waals surface area contributed by atoms with Gasteiger partial charge in [-0.05, 0) is 30.7 Å². The van der Waals surface area contributed by atoms with Crippen LogP contribution in [0.15, 0.2) is 24.3 Å². The molecule has 0 atom stereocenters. The van der Waals surface area contributed by atoms with Gasteiger partial charge in [-0.25, -0.2) is 0 Å². The van der Waals surface area contributed by atoms with Crippen LogP contribution in [0, 0.1) is 11.3 Å². The van der Waals surface area contributed by atoms with Crippen molar-refractivity contribution < 1.29 is 0 Å². The van der Waals surface area contributed by atoms with E-state index in [1.165, 1.54) is 0 Å². The second-order valence-corrected chi connectivity index (χ2v) is 3.27. The van der Waals surface area contributed by atoms with E-state index in [4.69, 9.17) is 11.0 Å². The van der Waals surface area contributed by atoms with Gasteiger partial charge in [-0.3, -0.25) is 0 Å². The highest BCUT2D eigenvalue weighted by Crippen LogP contribution is 2.14. The second kappa shape index (κ2) is 5.13. The SMILES string of the molecule is CN(CCCC#N)c1ccc(N)cc1. The number of nitrogens with two attached hydrogens (primary N) is 1. The summed E-state index contributed by atoms with van der Waals surface area (Å²) in [4.78, 5) is 2.12. The molecule has 0 unspecified atom stereocenters. The Bertz CT molecular complexity index is 310. The van der Waals surface area contributed by atoms with Crippen molar-refractivity contribution in [2.75, 3.05) is 24.2 Å². The molecule has 0 fully saturated rings. The molecule has 0 aromatic heterocycles. The van der Waals surface area contributed by atoms with Gasteiger partial charge in [0.25, 0.3) is 0 Å². The maximum absolute atomic E-state index is 8.40. The van der Waals surface area contributed by atoms with Crippen LogP contribution < -0.4 is 10.6 Å². The van der Waals surface area contributed by atoms with Gasteiger partial charge in [0.2, 0.25) is 0 Å². The molecule has 0 radical (unpaired) electrons. The molecule has 0 amide bonds. The van der Waals surface area contributed by atoms with E-state index in [1.807, 2.05) is 31.3 Å². The van der Waals surface area contributed by atoms with Gasteiger partial charge in [-0.2, -0.15) is 5.26 Å². The minimum absolute atomic E-state index is 0.610. The number of nitrogen functional groups attached to an aromatic ring is 1. The fraction of sp³-hybridized carbons (Fsp3) is 0.364. The number of unbranched alkanes of at least 4 members (excludes halogenated alkanes) is 1. The fourth-order valence-electron chi connectivity index (χ4n) is 1.25. The van der Waals surface area contributed by atoms with Crippen LogP contribution in [0.4, 0.5) is 11.4 Å². The Kier molecular flexibility index (Phi) is 3.81. The van der Waals surface area contributed by atoms with Gasteiger partial charge < -0.3 is 10.6 Å². The topological polar surface area (TPSA) is 53.0 Å². The molecule has 0 saturated heterocycles. The molecule has 3 nitrogen and oxygen atoms in total. The smallest absolute Gasteiger partial charge is 0.0622 e. The van der Waals surface area contributed by atoms with E-state index in [-0.39, 0.29) is 0 Å². The Morgan fingerprint density at radius 3 is 2.57 bits per heavy atom.